The first-order chi connectivity index (χ1) is 7.74. The normalized spacial score (nSPS) is 16.6. The van der Waals surface area contributed by atoms with Gasteiger partial charge in [-0.25, -0.2) is 4.79 Å². The fourth-order valence-electron chi connectivity index (χ4n) is 1.46. The van der Waals surface area contributed by atoms with Gasteiger partial charge in [0.2, 0.25) is 0 Å². The van der Waals surface area contributed by atoms with Gasteiger partial charge in [-0.15, -0.1) is 0 Å². The van der Waals surface area contributed by atoms with Gasteiger partial charge in [-0.2, -0.15) is 0 Å². The zero-order chi connectivity index (χ0) is 11.4. The number of carbonyl (C=O) groups is 1. The Morgan fingerprint density at radius 1 is 1.38 bits per heavy atom. The molecule has 1 fully saturated rings. The summed E-state index contributed by atoms with van der Waals surface area (Å²) in [7, 11) is 0. The van der Waals surface area contributed by atoms with Crippen LogP contribution >= 0.6 is 0 Å². The lowest BCUT2D eigenvalue weighted by molar-refractivity contribution is 0.183. The van der Waals surface area contributed by atoms with Crippen molar-refractivity contribution in [3.8, 4) is 5.75 Å². The first kappa shape index (κ1) is 11.0. The first-order valence-electron chi connectivity index (χ1n) is 5.36. The van der Waals surface area contributed by atoms with E-state index in [0.29, 0.717) is 12.3 Å². The number of carbonyl (C=O) groups excluding carboxylic acids is 1. The fraction of sp³-hybridized carbons (Fsp3) is 0.417. The summed E-state index contributed by atoms with van der Waals surface area (Å²) in [4.78, 5) is 11.4. The lowest BCUT2D eigenvalue weighted by atomic mass is 10.1. The van der Waals surface area contributed by atoms with Gasteiger partial charge in [0.05, 0.1) is 6.61 Å². The highest BCUT2D eigenvalue weighted by Gasteiger charge is 2.42. The fourth-order valence-corrected chi connectivity index (χ4v) is 1.46. The van der Waals surface area contributed by atoms with Gasteiger partial charge in [-0.3, -0.25) is 0 Å². The van der Waals surface area contributed by atoms with Gasteiger partial charge in [0.15, 0.2) is 0 Å². The molecule has 0 spiro atoms. The number of amides is 1. The number of para-hydroxylation sites is 1. The monoisotopic (exact) mass is 221 g/mol. The number of aliphatic hydroxyl groups is 1. The Hall–Kier alpha value is -1.55. The molecule has 0 bridgehead atoms. The Kier molecular flexibility index (Phi) is 3.10. The maximum Gasteiger partial charge on any atom is 0.412 e. The highest BCUT2D eigenvalue weighted by atomic mass is 16.6. The average Bonchev–Trinajstić information content (AvgIpc) is 3.09. The topological polar surface area (TPSA) is 58.6 Å². The molecule has 1 aliphatic rings. The van der Waals surface area contributed by atoms with E-state index in [9.17, 15) is 4.79 Å². The van der Waals surface area contributed by atoms with E-state index >= 15 is 0 Å². The van der Waals surface area contributed by atoms with Crippen LogP contribution in [0.3, 0.4) is 0 Å². The minimum absolute atomic E-state index is 0.0876. The van der Waals surface area contributed by atoms with Crippen molar-refractivity contribution >= 4 is 6.09 Å². The van der Waals surface area contributed by atoms with Crippen LogP contribution in [0.5, 0.6) is 5.75 Å². The van der Waals surface area contributed by atoms with E-state index in [1.807, 2.05) is 6.07 Å². The maximum atomic E-state index is 11.4. The summed E-state index contributed by atoms with van der Waals surface area (Å²) >= 11 is 0. The summed E-state index contributed by atoms with van der Waals surface area (Å²) in [5.41, 5.74) is -0.0876. The molecule has 1 saturated carbocycles. The van der Waals surface area contributed by atoms with Crippen molar-refractivity contribution in [1.82, 2.24) is 5.32 Å². The van der Waals surface area contributed by atoms with Gasteiger partial charge in [0, 0.05) is 12.0 Å². The quantitative estimate of drug-likeness (QED) is 0.811. The standard InChI is InChI=1S/C12H15NO3/c14-9-12(6-7-12)8-13-11(15)16-10-4-2-1-3-5-10/h1-5,14H,6-9H2,(H,13,15). The lowest BCUT2D eigenvalue weighted by Gasteiger charge is -2.12. The zero-order valence-electron chi connectivity index (χ0n) is 8.98. The number of hydrogen-bond donors (Lipinski definition) is 2. The number of nitrogens with one attached hydrogen (secondary N) is 1. The molecule has 0 heterocycles. The van der Waals surface area contributed by atoms with Gasteiger partial charge in [-0.1, -0.05) is 18.2 Å². The van der Waals surface area contributed by atoms with Crippen molar-refractivity contribution in [3.05, 3.63) is 30.3 Å². The molecule has 0 aromatic heterocycles. The molecular formula is C12H15NO3. The third-order valence-corrected chi connectivity index (χ3v) is 2.85. The predicted molar refractivity (Wildman–Crippen MR) is 59.2 cm³/mol. The number of hydrogen-bond acceptors (Lipinski definition) is 3. The largest absolute Gasteiger partial charge is 0.412 e. The Morgan fingerprint density at radius 2 is 2.06 bits per heavy atom. The molecule has 0 radical (unpaired) electrons. The van der Waals surface area contributed by atoms with Crippen LogP contribution < -0.4 is 10.1 Å². The molecular weight excluding hydrogens is 206 g/mol. The molecule has 2 N–H and O–H groups in total. The Bertz CT molecular complexity index is 360. The summed E-state index contributed by atoms with van der Waals surface area (Å²) in [6.07, 6.45) is 1.47. The molecule has 0 saturated heterocycles. The smallest absolute Gasteiger partial charge is 0.410 e. The molecule has 1 aromatic carbocycles. The number of ether oxygens (including phenoxy) is 1. The zero-order valence-corrected chi connectivity index (χ0v) is 8.98. The molecule has 1 aliphatic carbocycles. The average molecular weight is 221 g/mol. The predicted octanol–water partition coefficient (Wildman–Crippen LogP) is 1.55. The van der Waals surface area contributed by atoms with E-state index in [4.69, 9.17) is 9.84 Å². The third kappa shape index (κ3) is 2.73. The van der Waals surface area contributed by atoms with Crippen molar-refractivity contribution in [1.29, 1.82) is 0 Å². The van der Waals surface area contributed by atoms with Crippen molar-refractivity contribution in [2.75, 3.05) is 13.2 Å². The number of aliphatic hydroxyl groups excluding tert-OH is 1. The van der Waals surface area contributed by atoms with E-state index in [-0.39, 0.29) is 12.0 Å². The molecule has 4 heteroatoms. The minimum Gasteiger partial charge on any atom is -0.410 e. The summed E-state index contributed by atoms with van der Waals surface area (Å²) in [5, 5.41) is 11.7. The van der Waals surface area contributed by atoms with E-state index < -0.39 is 6.09 Å². The van der Waals surface area contributed by atoms with Crippen LogP contribution in [0.1, 0.15) is 12.8 Å². The van der Waals surface area contributed by atoms with E-state index in [1.54, 1.807) is 24.3 Å². The minimum atomic E-state index is -0.467. The molecule has 2 rings (SSSR count). The van der Waals surface area contributed by atoms with E-state index in [0.717, 1.165) is 12.8 Å². The van der Waals surface area contributed by atoms with E-state index in [1.165, 1.54) is 0 Å². The van der Waals surface area contributed by atoms with Crippen molar-refractivity contribution in [3.63, 3.8) is 0 Å². The second-order valence-corrected chi connectivity index (χ2v) is 4.21. The molecule has 1 aromatic rings. The van der Waals surface area contributed by atoms with Gasteiger partial charge >= 0.3 is 6.09 Å². The Balaban J connectivity index is 1.77. The highest BCUT2D eigenvalue weighted by molar-refractivity contribution is 5.70. The second kappa shape index (κ2) is 4.53. The van der Waals surface area contributed by atoms with Crippen LogP contribution in [-0.2, 0) is 0 Å². The summed E-state index contributed by atoms with van der Waals surface area (Å²) in [5.74, 6) is 0.522. The van der Waals surface area contributed by atoms with Gasteiger partial charge in [-0.05, 0) is 25.0 Å². The van der Waals surface area contributed by atoms with Crippen LogP contribution in [-0.4, -0.2) is 24.4 Å². The van der Waals surface area contributed by atoms with Crippen LogP contribution in [0.25, 0.3) is 0 Å². The summed E-state index contributed by atoms with van der Waals surface area (Å²) < 4.78 is 5.05. The van der Waals surface area contributed by atoms with Crippen molar-refractivity contribution < 1.29 is 14.6 Å². The number of benzene rings is 1. The molecule has 0 atom stereocenters. The Labute approximate surface area is 94.2 Å². The molecule has 1 amide bonds. The molecule has 4 nitrogen and oxygen atoms in total. The first-order valence-corrected chi connectivity index (χ1v) is 5.36. The molecule has 86 valence electrons. The van der Waals surface area contributed by atoms with Crippen molar-refractivity contribution in [2.45, 2.75) is 12.8 Å². The Morgan fingerprint density at radius 3 is 2.62 bits per heavy atom. The third-order valence-electron chi connectivity index (χ3n) is 2.85. The second-order valence-electron chi connectivity index (χ2n) is 4.21. The van der Waals surface area contributed by atoms with Gasteiger partial charge < -0.3 is 15.2 Å². The van der Waals surface area contributed by atoms with Crippen molar-refractivity contribution in [2.24, 2.45) is 5.41 Å². The molecule has 0 aliphatic heterocycles. The summed E-state index contributed by atoms with van der Waals surface area (Å²) in [6, 6.07) is 8.91. The van der Waals surface area contributed by atoms with Gasteiger partial charge in [0.25, 0.3) is 0 Å². The van der Waals surface area contributed by atoms with Crippen LogP contribution in [0.4, 0.5) is 4.79 Å². The van der Waals surface area contributed by atoms with Crippen LogP contribution in [0.15, 0.2) is 30.3 Å². The van der Waals surface area contributed by atoms with Crippen LogP contribution in [0, 0.1) is 5.41 Å². The van der Waals surface area contributed by atoms with Gasteiger partial charge in [0.1, 0.15) is 5.75 Å². The number of rotatable bonds is 4. The molecule has 16 heavy (non-hydrogen) atoms. The summed E-state index contributed by atoms with van der Waals surface area (Å²) in [6.45, 7) is 0.605. The maximum absolute atomic E-state index is 11.4. The SMILES string of the molecule is O=C(NCC1(CO)CC1)Oc1ccccc1. The lowest BCUT2D eigenvalue weighted by Crippen LogP contribution is -2.33. The van der Waals surface area contributed by atoms with Crippen LogP contribution in [0.2, 0.25) is 0 Å². The highest BCUT2D eigenvalue weighted by Crippen LogP contribution is 2.44. The molecule has 0 unspecified atom stereocenters. The van der Waals surface area contributed by atoms with E-state index in [2.05, 4.69) is 5.32 Å².